The molecule has 2 aliphatic rings. The highest BCUT2D eigenvalue weighted by molar-refractivity contribution is 6.04. The van der Waals surface area contributed by atoms with Gasteiger partial charge in [-0.3, -0.25) is 0 Å². The Hall–Kier alpha value is -4.25. The summed E-state index contributed by atoms with van der Waals surface area (Å²) in [5.74, 6) is 0.303. The molecule has 192 valence electrons. The molecule has 5 nitrogen and oxygen atoms in total. The first-order chi connectivity index (χ1) is 18.5. The minimum Gasteiger partial charge on any atom is -0.472 e. The molecule has 4 aromatic carbocycles. The number of fused-ring (bicyclic) bond motifs is 3. The summed E-state index contributed by atoms with van der Waals surface area (Å²) in [4.78, 5) is 17.3. The quantitative estimate of drug-likeness (QED) is 0.285. The van der Waals surface area contributed by atoms with Crippen molar-refractivity contribution < 1.29 is 14.3 Å². The SMILES string of the molecule is COC(=O)c1cc2ccc(N(C)C)cc2c2c1C=CC(c1ccccc1)(c1ccc(N3CCCC3)cc1)O2. The third kappa shape index (κ3) is 3.99. The molecule has 0 amide bonds. The van der Waals surface area contributed by atoms with E-state index in [1.807, 2.05) is 50.5 Å². The maximum absolute atomic E-state index is 12.8. The molecule has 0 saturated carbocycles. The van der Waals surface area contributed by atoms with Gasteiger partial charge in [-0.2, -0.15) is 0 Å². The van der Waals surface area contributed by atoms with Gasteiger partial charge in [-0.15, -0.1) is 0 Å². The molecule has 5 heteroatoms. The van der Waals surface area contributed by atoms with Gasteiger partial charge in [0.05, 0.1) is 12.7 Å². The standard InChI is InChI=1S/C33H32N2O3/c1-34(2)27-14-11-23-21-30(32(36)37-3)28-17-18-33(24-9-5-4-6-10-24,38-31(28)29(23)22-27)25-12-15-26(16-13-25)35-19-7-8-20-35/h4-6,9-18,21-22H,7-8,19-20H2,1-3H3. The van der Waals surface area contributed by atoms with Crippen LogP contribution in [0.25, 0.3) is 16.8 Å². The molecule has 2 aliphatic heterocycles. The summed E-state index contributed by atoms with van der Waals surface area (Å²) in [7, 11) is 5.46. The van der Waals surface area contributed by atoms with E-state index in [1.165, 1.54) is 25.6 Å². The van der Waals surface area contributed by atoms with Crippen molar-refractivity contribution in [2.45, 2.75) is 18.4 Å². The molecule has 0 aliphatic carbocycles. The van der Waals surface area contributed by atoms with E-state index >= 15 is 0 Å². The molecule has 1 saturated heterocycles. The van der Waals surface area contributed by atoms with Crippen LogP contribution in [-0.2, 0) is 10.3 Å². The number of ether oxygens (including phenoxy) is 2. The Balaban J connectivity index is 1.56. The second-order valence-corrected chi connectivity index (χ2v) is 10.2. The largest absolute Gasteiger partial charge is 0.472 e. The first kappa shape index (κ1) is 24.1. The summed E-state index contributed by atoms with van der Waals surface area (Å²) in [6.07, 6.45) is 6.57. The Morgan fingerprint density at radius 2 is 1.63 bits per heavy atom. The summed E-state index contributed by atoms with van der Waals surface area (Å²) in [5.41, 5.74) is 4.74. The van der Waals surface area contributed by atoms with E-state index < -0.39 is 5.60 Å². The number of hydrogen-bond acceptors (Lipinski definition) is 5. The van der Waals surface area contributed by atoms with Crippen molar-refractivity contribution in [2.24, 2.45) is 0 Å². The molecule has 4 aromatic rings. The number of carbonyl (C=O) groups is 1. The molecule has 0 bridgehead atoms. The van der Waals surface area contributed by atoms with Crippen molar-refractivity contribution in [3.63, 3.8) is 0 Å². The van der Waals surface area contributed by atoms with Crippen LogP contribution in [0.5, 0.6) is 5.75 Å². The molecule has 2 heterocycles. The van der Waals surface area contributed by atoms with E-state index in [1.54, 1.807) is 0 Å². The summed E-state index contributed by atoms with van der Waals surface area (Å²) in [5, 5.41) is 1.88. The molecule has 1 atom stereocenters. The predicted molar refractivity (Wildman–Crippen MR) is 154 cm³/mol. The van der Waals surface area contributed by atoms with Gasteiger partial charge in [-0.1, -0.05) is 48.5 Å². The topological polar surface area (TPSA) is 42.0 Å². The highest BCUT2D eigenvalue weighted by atomic mass is 16.5. The Kier molecular flexibility index (Phi) is 6.07. The van der Waals surface area contributed by atoms with Gasteiger partial charge in [-0.05, 0) is 60.7 Å². The second-order valence-electron chi connectivity index (χ2n) is 10.2. The summed E-state index contributed by atoms with van der Waals surface area (Å²) in [6, 6.07) is 27.1. The molecule has 0 spiro atoms. The summed E-state index contributed by atoms with van der Waals surface area (Å²) in [6.45, 7) is 2.20. The number of esters is 1. The average molecular weight is 505 g/mol. The number of hydrogen-bond donors (Lipinski definition) is 0. The van der Waals surface area contributed by atoms with Gasteiger partial charge in [0, 0.05) is 60.6 Å². The van der Waals surface area contributed by atoms with Gasteiger partial charge in [-0.25, -0.2) is 4.79 Å². The molecule has 6 rings (SSSR count). The molecular formula is C33H32N2O3. The third-order valence-corrected chi connectivity index (χ3v) is 7.76. The first-order valence-corrected chi connectivity index (χ1v) is 13.2. The van der Waals surface area contributed by atoms with Crippen LogP contribution in [0.3, 0.4) is 0 Å². The van der Waals surface area contributed by atoms with Crippen LogP contribution in [0.1, 0.15) is 39.9 Å². The lowest BCUT2D eigenvalue weighted by Gasteiger charge is -2.37. The molecule has 1 fully saturated rings. The molecule has 0 N–H and O–H groups in total. The maximum Gasteiger partial charge on any atom is 0.338 e. The number of carbonyl (C=O) groups excluding carboxylic acids is 1. The maximum atomic E-state index is 12.8. The first-order valence-electron chi connectivity index (χ1n) is 13.2. The minimum atomic E-state index is -0.854. The summed E-state index contributed by atoms with van der Waals surface area (Å²) < 4.78 is 12.3. The van der Waals surface area contributed by atoms with Crippen molar-refractivity contribution in [3.05, 3.63) is 107 Å². The van der Waals surface area contributed by atoms with E-state index in [0.717, 1.165) is 46.2 Å². The molecule has 0 aromatic heterocycles. The summed E-state index contributed by atoms with van der Waals surface area (Å²) >= 11 is 0. The van der Waals surface area contributed by atoms with Crippen molar-refractivity contribution in [2.75, 3.05) is 44.1 Å². The van der Waals surface area contributed by atoms with Crippen LogP contribution in [0, 0.1) is 0 Å². The average Bonchev–Trinajstić information content (AvgIpc) is 3.51. The Morgan fingerprint density at radius 1 is 0.921 bits per heavy atom. The van der Waals surface area contributed by atoms with Gasteiger partial charge in [0.2, 0.25) is 0 Å². The van der Waals surface area contributed by atoms with Gasteiger partial charge >= 0.3 is 5.97 Å². The van der Waals surface area contributed by atoms with Crippen molar-refractivity contribution >= 4 is 34.2 Å². The predicted octanol–water partition coefficient (Wildman–Crippen LogP) is 6.64. The van der Waals surface area contributed by atoms with E-state index in [4.69, 9.17) is 9.47 Å². The van der Waals surface area contributed by atoms with Crippen molar-refractivity contribution in [3.8, 4) is 5.75 Å². The van der Waals surface area contributed by atoms with Crippen LogP contribution >= 0.6 is 0 Å². The van der Waals surface area contributed by atoms with E-state index in [2.05, 4.69) is 64.4 Å². The van der Waals surface area contributed by atoms with Gasteiger partial charge in [0.1, 0.15) is 5.75 Å². The van der Waals surface area contributed by atoms with Gasteiger partial charge in [0.25, 0.3) is 0 Å². The highest BCUT2D eigenvalue weighted by Gasteiger charge is 2.39. The fraction of sp³-hybridized carbons (Fsp3) is 0.242. The van der Waals surface area contributed by atoms with Gasteiger partial charge in [0.15, 0.2) is 5.60 Å². The van der Waals surface area contributed by atoms with Crippen LogP contribution in [-0.4, -0.2) is 40.3 Å². The van der Waals surface area contributed by atoms with Crippen LogP contribution in [0.15, 0.2) is 84.9 Å². The number of benzene rings is 4. The number of rotatable bonds is 5. The van der Waals surface area contributed by atoms with Crippen molar-refractivity contribution in [1.82, 2.24) is 0 Å². The fourth-order valence-corrected chi connectivity index (χ4v) is 5.65. The molecule has 0 radical (unpaired) electrons. The zero-order chi connectivity index (χ0) is 26.3. The fourth-order valence-electron chi connectivity index (χ4n) is 5.65. The number of nitrogens with zero attached hydrogens (tertiary/aromatic N) is 2. The Morgan fingerprint density at radius 3 is 2.32 bits per heavy atom. The lowest BCUT2D eigenvalue weighted by molar-refractivity contribution is 0.0599. The lowest BCUT2D eigenvalue weighted by atomic mass is 9.82. The second kappa shape index (κ2) is 9.56. The molecule has 38 heavy (non-hydrogen) atoms. The number of methoxy groups -OCH3 is 1. The van der Waals surface area contributed by atoms with Crippen LogP contribution in [0.2, 0.25) is 0 Å². The van der Waals surface area contributed by atoms with E-state index in [0.29, 0.717) is 11.3 Å². The Bertz CT molecular complexity index is 1520. The zero-order valence-corrected chi connectivity index (χ0v) is 22.1. The zero-order valence-electron chi connectivity index (χ0n) is 22.1. The van der Waals surface area contributed by atoms with E-state index in [-0.39, 0.29) is 5.97 Å². The highest BCUT2D eigenvalue weighted by Crippen LogP contribution is 2.47. The normalized spacial score (nSPS) is 18.2. The molecule has 1 unspecified atom stereocenters. The van der Waals surface area contributed by atoms with Crippen LogP contribution < -0.4 is 14.5 Å². The molecular weight excluding hydrogens is 472 g/mol. The number of anilines is 2. The minimum absolute atomic E-state index is 0.379. The Labute approximate surface area is 223 Å². The van der Waals surface area contributed by atoms with Gasteiger partial charge < -0.3 is 19.3 Å². The van der Waals surface area contributed by atoms with E-state index in [9.17, 15) is 4.79 Å². The van der Waals surface area contributed by atoms with Crippen molar-refractivity contribution in [1.29, 1.82) is 0 Å². The van der Waals surface area contributed by atoms with Crippen LogP contribution in [0.4, 0.5) is 11.4 Å². The lowest BCUT2D eigenvalue weighted by Crippen LogP contribution is -2.34. The third-order valence-electron chi connectivity index (χ3n) is 7.76. The smallest absolute Gasteiger partial charge is 0.338 e. The monoisotopic (exact) mass is 504 g/mol.